The molecule has 1 atom stereocenters. The average molecular weight is 310 g/mol. The monoisotopic (exact) mass is 310 g/mol. The summed E-state index contributed by atoms with van der Waals surface area (Å²) < 4.78 is 24.7. The molecule has 2 aromatic heterocycles. The first-order valence-electron chi connectivity index (χ1n) is 6.88. The SMILES string of the molecule is CC(N)Cc1c(N(C)CCS(C)(=O)=O)nc2ccccn12. The summed E-state index contributed by atoms with van der Waals surface area (Å²) in [6, 6.07) is 5.81. The number of nitrogens with zero attached hydrogens (tertiary/aromatic N) is 3. The summed E-state index contributed by atoms with van der Waals surface area (Å²) in [6.45, 7) is 2.36. The van der Waals surface area contributed by atoms with E-state index >= 15 is 0 Å². The lowest BCUT2D eigenvalue weighted by Gasteiger charge is -2.18. The molecule has 2 N–H and O–H groups in total. The van der Waals surface area contributed by atoms with Gasteiger partial charge in [0.1, 0.15) is 15.5 Å². The van der Waals surface area contributed by atoms with Gasteiger partial charge in [-0.2, -0.15) is 0 Å². The topological polar surface area (TPSA) is 80.7 Å². The second-order valence-electron chi connectivity index (χ2n) is 5.54. The van der Waals surface area contributed by atoms with Gasteiger partial charge >= 0.3 is 0 Å². The van der Waals surface area contributed by atoms with Gasteiger partial charge in [0.05, 0.1) is 11.4 Å². The van der Waals surface area contributed by atoms with Crippen molar-refractivity contribution in [1.29, 1.82) is 0 Å². The standard InChI is InChI=1S/C14H22N4O2S/c1-11(15)10-12-14(17(2)8-9-21(3,19)20)16-13-6-4-5-7-18(12)13/h4-7,11H,8-10,15H2,1-3H3. The minimum Gasteiger partial charge on any atom is -0.357 e. The van der Waals surface area contributed by atoms with Crippen LogP contribution in [0.5, 0.6) is 0 Å². The van der Waals surface area contributed by atoms with Crippen molar-refractivity contribution >= 4 is 21.3 Å². The third kappa shape index (κ3) is 3.95. The van der Waals surface area contributed by atoms with Gasteiger partial charge in [0.2, 0.25) is 0 Å². The van der Waals surface area contributed by atoms with Crippen molar-refractivity contribution < 1.29 is 8.42 Å². The largest absolute Gasteiger partial charge is 0.357 e. The molecule has 0 aliphatic heterocycles. The molecule has 0 aromatic carbocycles. The summed E-state index contributed by atoms with van der Waals surface area (Å²) in [6.07, 6.45) is 3.88. The Morgan fingerprint density at radius 3 is 2.76 bits per heavy atom. The molecule has 2 rings (SSSR count). The van der Waals surface area contributed by atoms with Crippen LogP contribution in [0.1, 0.15) is 12.6 Å². The maximum absolute atomic E-state index is 11.3. The maximum Gasteiger partial charge on any atom is 0.150 e. The molecule has 0 saturated heterocycles. The van der Waals surface area contributed by atoms with Crippen molar-refractivity contribution in [1.82, 2.24) is 9.38 Å². The Kier molecular flexibility index (Phi) is 4.53. The summed E-state index contributed by atoms with van der Waals surface area (Å²) in [5.41, 5.74) is 7.78. The molecule has 1 unspecified atom stereocenters. The number of rotatable bonds is 6. The van der Waals surface area contributed by atoms with Gasteiger partial charge in [-0.3, -0.25) is 0 Å². The highest BCUT2D eigenvalue weighted by molar-refractivity contribution is 7.90. The fourth-order valence-corrected chi connectivity index (χ4v) is 2.85. The van der Waals surface area contributed by atoms with Gasteiger partial charge in [-0.1, -0.05) is 6.07 Å². The number of pyridine rings is 1. The molecule has 0 aliphatic rings. The number of nitrogens with two attached hydrogens (primary N) is 1. The van der Waals surface area contributed by atoms with E-state index in [0.717, 1.165) is 17.2 Å². The summed E-state index contributed by atoms with van der Waals surface area (Å²) >= 11 is 0. The number of imidazole rings is 1. The van der Waals surface area contributed by atoms with Crippen LogP contribution < -0.4 is 10.6 Å². The van der Waals surface area contributed by atoms with Crippen molar-refractivity contribution in [2.24, 2.45) is 5.73 Å². The molecule has 7 heteroatoms. The van der Waals surface area contributed by atoms with Gasteiger partial charge in [-0.05, 0) is 19.1 Å². The summed E-state index contributed by atoms with van der Waals surface area (Å²) in [7, 11) is -1.14. The van der Waals surface area contributed by atoms with Crippen LogP contribution in [0.2, 0.25) is 0 Å². The van der Waals surface area contributed by atoms with Gasteiger partial charge in [-0.25, -0.2) is 13.4 Å². The summed E-state index contributed by atoms with van der Waals surface area (Å²) in [5.74, 6) is 0.900. The molecule has 0 amide bonds. The molecule has 0 fully saturated rings. The van der Waals surface area contributed by atoms with Crippen LogP contribution in [0.25, 0.3) is 5.65 Å². The van der Waals surface area contributed by atoms with Gasteiger partial charge in [0, 0.05) is 38.5 Å². The normalized spacial score (nSPS) is 13.5. The number of fused-ring (bicyclic) bond motifs is 1. The third-order valence-electron chi connectivity index (χ3n) is 3.28. The average Bonchev–Trinajstić information content (AvgIpc) is 2.74. The van der Waals surface area contributed by atoms with Crippen LogP contribution in [-0.4, -0.2) is 49.4 Å². The molecule has 2 heterocycles. The van der Waals surface area contributed by atoms with E-state index in [-0.39, 0.29) is 11.8 Å². The second kappa shape index (κ2) is 6.03. The van der Waals surface area contributed by atoms with Crippen molar-refractivity contribution in [3.63, 3.8) is 0 Å². The van der Waals surface area contributed by atoms with Crippen LogP contribution in [0, 0.1) is 0 Å². The lowest BCUT2D eigenvalue weighted by atomic mass is 10.2. The zero-order chi connectivity index (χ0) is 15.6. The predicted molar refractivity (Wildman–Crippen MR) is 85.5 cm³/mol. The molecule has 6 nitrogen and oxygen atoms in total. The van der Waals surface area contributed by atoms with Crippen LogP contribution in [0.4, 0.5) is 5.82 Å². The number of aromatic nitrogens is 2. The van der Waals surface area contributed by atoms with E-state index in [1.54, 1.807) is 0 Å². The third-order valence-corrected chi connectivity index (χ3v) is 4.21. The number of sulfone groups is 1. The smallest absolute Gasteiger partial charge is 0.150 e. The highest BCUT2D eigenvalue weighted by Gasteiger charge is 2.17. The molecular weight excluding hydrogens is 288 g/mol. The number of hydrogen-bond acceptors (Lipinski definition) is 5. The minimum atomic E-state index is -2.99. The first-order chi connectivity index (χ1) is 9.78. The van der Waals surface area contributed by atoms with Crippen molar-refractivity contribution in [3.8, 4) is 0 Å². The minimum absolute atomic E-state index is 0.00663. The van der Waals surface area contributed by atoms with Crippen molar-refractivity contribution in [3.05, 3.63) is 30.1 Å². The zero-order valence-corrected chi connectivity index (χ0v) is 13.5. The molecule has 21 heavy (non-hydrogen) atoms. The van der Waals surface area contributed by atoms with Crippen LogP contribution in [0.15, 0.2) is 24.4 Å². The van der Waals surface area contributed by atoms with Gasteiger partial charge in [-0.15, -0.1) is 0 Å². The first kappa shape index (κ1) is 15.8. The lowest BCUT2D eigenvalue weighted by molar-refractivity contribution is 0.601. The Morgan fingerprint density at radius 2 is 2.14 bits per heavy atom. The highest BCUT2D eigenvalue weighted by atomic mass is 32.2. The van der Waals surface area contributed by atoms with Crippen molar-refractivity contribution in [2.45, 2.75) is 19.4 Å². The Morgan fingerprint density at radius 1 is 1.43 bits per heavy atom. The molecule has 0 radical (unpaired) electrons. The van der Waals surface area contributed by atoms with Crippen molar-refractivity contribution in [2.75, 3.05) is 30.5 Å². The number of anilines is 1. The van der Waals surface area contributed by atoms with Crippen LogP contribution in [0.3, 0.4) is 0 Å². The molecule has 0 saturated carbocycles. The zero-order valence-electron chi connectivity index (χ0n) is 12.7. The second-order valence-corrected chi connectivity index (χ2v) is 7.80. The highest BCUT2D eigenvalue weighted by Crippen LogP contribution is 2.22. The van der Waals surface area contributed by atoms with Crippen LogP contribution in [-0.2, 0) is 16.3 Å². The molecule has 0 bridgehead atoms. The Balaban J connectivity index is 2.37. The Labute approximate surface area is 125 Å². The molecule has 2 aromatic rings. The van der Waals surface area contributed by atoms with Crippen LogP contribution >= 0.6 is 0 Å². The van der Waals surface area contributed by atoms with E-state index in [4.69, 9.17) is 5.73 Å². The first-order valence-corrected chi connectivity index (χ1v) is 8.94. The van der Waals surface area contributed by atoms with Gasteiger partial charge in [0.25, 0.3) is 0 Å². The molecule has 0 spiro atoms. The predicted octanol–water partition coefficient (Wildman–Crippen LogP) is 0.705. The van der Waals surface area contributed by atoms with E-state index in [0.29, 0.717) is 13.0 Å². The fraction of sp³-hybridized carbons (Fsp3) is 0.500. The quantitative estimate of drug-likeness (QED) is 0.849. The van der Waals surface area contributed by atoms with E-state index in [1.807, 2.05) is 47.7 Å². The van der Waals surface area contributed by atoms with E-state index in [1.165, 1.54) is 6.26 Å². The maximum atomic E-state index is 11.3. The number of hydrogen-bond donors (Lipinski definition) is 1. The molecular formula is C14H22N4O2S. The summed E-state index contributed by atoms with van der Waals surface area (Å²) in [4.78, 5) is 6.49. The Bertz CT molecular complexity index is 722. The summed E-state index contributed by atoms with van der Waals surface area (Å²) in [5, 5.41) is 0. The van der Waals surface area contributed by atoms with E-state index in [2.05, 4.69) is 4.98 Å². The lowest BCUT2D eigenvalue weighted by Crippen LogP contribution is -2.27. The van der Waals surface area contributed by atoms with Gasteiger partial charge in [0.15, 0.2) is 5.82 Å². The Hall–Kier alpha value is -1.60. The molecule has 116 valence electrons. The van der Waals surface area contributed by atoms with Gasteiger partial charge < -0.3 is 15.0 Å². The fourth-order valence-electron chi connectivity index (χ4n) is 2.24. The van der Waals surface area contributed by atoms with E-state index in [9.17, 15) is 8.42 Å². The van der Waals surface area contributed by atoms with E-state index < -0.39 is 9.84 Å². The molecule has 0 aliphatic carbocycles.